The molecular formula is C16H18N2O3. The normalized spacial score (nSPS) is 11.3. The van der Waals surface area contributed by atoms with E-state index in [0.717, 1.165) is 10.9 Å². The van der Waals surface area contributed by atoms with Crippen LogP contribution in [0.3, 0.4) is 0 Å². The number of carboxylic acids is 1. The van der Waals surface area contributed by atoms with Crippen LogP contribution in [0.1, 0.15) is 37.2 Å². The molecular weight excluding hydrogens is 268 g/mol. The van der Waals surface area contributed by atoms with E-state index >= 15 is 0 Å². The van der Waals surface area contributed by atoms with Crippen molar-refractivity contribution in [3.63, 3.8) is 0 Å². The second-order valence-corrected chi connectivity index (χ2v) is 5.62. The van der Waals surface area contributed by atoms with Crippen molar-refractivity contribution in [1.29, 1.82) is 0 Å². The van der Waals surface area contributed by atoms with E-state index in [9.17, 15) is 9.59 Å². The summed E-state index contributed by atoms with van der Waals surface area (Å²) in [5.41, 5.74) is 0.494. The minimum atomic E-state index is -0.874. The number of pyridine rings is 1. The van der Waals surface area contributed by atoms with E-state index in [2.05, 4.69) is 10.3 Å². The van der Waals surface area contributed by atoms with Gasteiger partial charge in [-0.25, -0.2) is 4.98 Å². The van der Waals surface area contributed by atoms with Crippen molar-refractivity contribution in [2.45, 2.75) is 32.2 Å². The Kier molecular flexibility index (Phi) is 4.21. The molecule has 0 radical (unpaired) electrons. The lowest BCUT2D eigenvalue weighted by molar-refractivity contribution is -0.137. The Balaban J connectivity index is 2.12. The Morgan fingerprint density at radius 1 is 1.19 bits per heavy atom. The van der Waals surface area contributed by atoms with Crippen molar-refractivity contribution in [3.8, 4) is 0 Å². The zero-order valence-corrected chi connectivity index (χ0v) is 12.1. The number of nitrogens with zero attached hydrogens (tertiary/aromatic N) is 1. The molecule has 0 saturated heterocycles. The number of aliphatic carboxylic acids is 1. The maximum absolute atomic E-state index is 12.2. The Morgan fingerprint density at radius 3 is 2.62 bits per heavy atom. The highest BCUT2D eigenvalue weighted by molar-refractivity contribution is 5.95. The van der Waals surface area contributed by atoms with Crippen molar-refractivity contribution >= 4 is 22.8 Å². The first-order chi connectivity index (χ1) is 9.87. The predicted octanol–water partition coefficient (Wildman–Crippen LogP) is 2.61. The third-order valence-electron chi connectivity index (χ3n) is 3.25. The summed E-state index contributed by atoms with van der Waals surface area (Å²) in [6.45, 7) is 3.60. The highest BCUT2D eigenvalue weighted by Crippen LogP contribution is 2.15. The van der Waals surface area contributed by atoms with E-state index in [1.807, 2.05) is 30.3 Å². The molecule has 5 nitrogen and oxygen atoms in total. The predicted molar refractivity (Wildman–Crippen MR) is 80.2 cm³/mol. The fourth-order valence-corrected chi connectivity index (χ4v) is 2.05. The molecule has 0 aliphatic heterocycles. The Labute approximate surface area is 123 Å². The summed E-state index contributed by atoms with van der Waals surface area (Å²) >= 11 is 0. The lowest BCUT2D eigenvalue weighted by Gasteiger charge is -2.25. The number of hydrogen-bond acceptors (Lipinski definition) is 3. The van der Waals surface area contributed by atoms with Crippen LogP contribution < -0.4 is 5.32 Å². The van der Waals surface area contributed by atoms with Crippen LogP contribution in [0.25, 0.3) is 10.9 Å². The minimum absolute atomic E-state index is 0.0123. The summed E-state index contributed by atoms with van der Waals surface area (Å²) in [5.74, 6) is -1.17. The highest BCUT2D eigenvalue weighted by atomic mass is 16.4. The highest BCUT2D eigenvalue weighted by Gasteiger charge is 2.22. The van der Waals surface area contributed by atoms with E-state index in [0.29, 0.717) is 12.1 Å². The molecule has 110 valence electrons. The number of hydrogen-bond donors (Lipinski definition) is 2. The van der Waals surface area contributed by atoms with E-state index in [1.165, 1.54) is 0 Å². The molecule has 5 heteroatoms. The van der Waals surface area contributed by atoms with E-state index < -0.39 is 11.5 Å². The van der Waals surface area contributed by atoms with Crippen LogP contribution in [0.15, 0.2) is 36.4 Å². The largest absolute Gasteiger partial charge is 0.481 e. The van der Waals surface area contributed by atoms with Gasteiger partial charge in [-0.15, -0.1) is 0 Å². The van der Waals surface area contributed by atoms with Crippen molar-refractivity contribution in [2.75, 3.05) is 0 Å². The third kappa shape index (κ3) is 4.02. The summed E-state index contributed by atoms with van der Waals surface area (Å²) < 4.78 is 0. The van der Waals surface area contributed by atoms with Gasteiger partial charge in [0.2, 0.25) is 0 Å². The Morgan fingerprint density at radius 2 is 1.90 bits per heavy atom. The third-order valence-corrected chi connectivity index (χ3v) is 3.25. The Hall–Kier alpha value is -2.43. The molecule has 1 amide bonds. The lowest BCUT2D eigenvalue weighted by atomic mass is 9.98. The minimum Gasteiger partial charge on any atom is -0.481 e. The maximum Gasteiger partial charge on any atom is 0.303 e. The van der Waals surface area contributed by atoms with Crippen LogP contribution in [0.5, 0.6) is 0 Å². The van der Waals surface area contributed by atoms with Crippen LogP contribution >= 0.6 is 0 Å². The number of carboxylic acid groups (broad SMARTS) is 1. The number of carbonyl (C=O) groups excluding carboxylic acids is 1. The first kappa shape index (κ1) is 15.0. The zero-order valence-electron chi connectivity index (χ0n) is 12.1. The summed E-state index contributed by atoms with van der Waals surface area (Å²) in [7, 11) is 0. The van der Waals surface area contributed by atoms with Gasteiger partial charge >= 0.3 is 5.97 Å². The molecule has 1 aromatic carbocycles. The molecule has 0 aliphatic rings. The van der Waals surface area contributed by atoms with Crippen molar-refractivity contribution in [3.05, 3.63) is 42.1 Å². The van der Waals surface area contributed by atoms with Gasteiger partial charge in [-0.3, -0.25) is 9.59 Å². The molecule has 1 heterocycles. The average Bonchev–Trinajstić information content (AvgIpc) is 2.44. The molecule has 0 unspecified atom stereocenters. The Bertz CT molecular complexity index is 680. The molecule has 0 saturated carbocycles. The van der Waals surface area contributed by atoms with Crippen LogP contribution in [0, 0.1) is 0 Å². The number of carbonyl (C=O) groups is 2. The molecule has 0 fully saturated rings. The average molecular weight is 286 g/mol. The van der Waals surface area contributed by atoms with Gasteiger partial charge in [0.05, 0.1) is 5.52 Å². The summed E-state index contributed by atoms with van der Waals surface area (Å²) in [6.07, 6.45) is 0.375. The molecule has 0 spiro atoms. The molecule has 0 aliphatic carbocycles. The maximum atomic E-state index is 12.2. The summed E-state index contributed by atoms with van der Waals surface area (Å²) in [6, 6.07) is 11.1. The van der Waals surface area contributed by atoms with Gasteiger partial charge in [0, 0.05) is 17.3 Å². The van der Waals surface area contributed by atoms with E-state index in [4.69, 9.17) is 5.11 Å². The van der Waals surface area contributed by atoms with Crippen LogP contribution in [0.2, 0.25) is 0 Å². The summed E-state index contributed by atoms with van der Waals surface area (Å²) in [4.78, 5) is 27.2. The van der Waals surface area contributed by atoms with E-state index in [-0.39, 0.29) is 12.3 Å². The fourth-order valence-electron chi connectivity index (χ4n) is 2.05. The summed E-state index contributed by atoms with van der Waals surface area (Å²) in [5, 5.41) is 12.5. The fraction of sp³-hybridized carbons (Fsp3) is 0.312. The second-order valence-electron chi connectivity index (χ2n) is 5.62. The number of fused-ring (bicyclic) bond motifs is 1. The van der Waals surface area contributed by atoms with Gasteiger partial charge in [0.15, 0.2) is 0 Å². The number of aromatic nitrogens is 1. The van der Waals surface area contributed by atoms with Gasteiger partial charge in [0.25, 0.3) is 5.91 Å². The lowest BCUT2D eigenvalue weighted by Crippen LogP contribution is -2.44. The van der Waals surface area contributed by atoms with Gasteiger partial charge in [-0.2, -0.15) is 0 Å². The van der Waals surface area contributed by atoms with Crippen molar-refractivity contribution in [2.24, 2.45) is 0 Å². The number of nitrogens with one attached hydrogen (secondary N) is 1. The second kappa shape index (κ2) is 5.91. The van der Waals surface area contributed by atoms with Crippen molar-refractivity contribution < 1.29 is 14.7 Å². The quantitative estimate of drug-likeness (QED) is 0.885. The number of para-hydroxylation sites is 1. The van der Waals surface area contributed by atoms with E-state index in [1.54, 1.807) is 19.9 Å². The van der Waals surface area contributed by atoms with Crippen LogP contribution in [0.4, 0.5) is 0 Å². The zero-order chi connectivity index (χ0) is 15.5. The first-order valence-corrected chi connectivity index (χ1v) is 6.77. The molecule has 1 aromatic heterocycles. The van der Waals surface area contributed by atoms with Gasteiger partial charge in [-0.05, 0) is 32.4 Å². The number of rotatable bonds is 5. The monoisotopic (exact) mass is 286 g/mol. The molecule has 2 N–H and O–H groups in total. The molecule has 0 atom stereocenters. The first-order valence-electron chi connectivity index (χ1n) is 6.77. The van der Waals surface area contributed by atoms with Crippen molar-refractivity contribution in [1.82, 2.24) is 10.3 Å². The standard InChI is InChI=1S/C16H18N2O3/c1-16(2,10-9-14(19)20)18-15(21)13-8-7-11-5-3-4-6-12(11)17-13/h3-8H,9-10H2,1-2H3,(H,18,21)(H,19,20). The van der Waals surface area contributed by atoms with Crippen LogP contribution in [-0.2, 0) is 4.79 Å². The number of amides is 1. The molecule has 0 bridgehead atoms. The van der Waals surface area contributed by atoms with Gasteiger partial charge < -0.3 is 10.4 Å². The smallest absolute Gasteiger partial charge is 0.303 e. The SMILES string of the molecule is CC(C)(CCC(=O)O)NC(=O)c1ccc2ccccc2n1. The molecule has 2 aromatic rings. The molecule has 2 rings (SSSR count). The number of benzene rings is 1. The topological polar surface area (TPSA) is 79.3 Å². The van der Waals surface area contributed by atoms with Gasteiger partial charge in [0.1, 0.15) is 5.69 Å². The molecule has 21 heavy (non-hydrogen) atoms. The van der Waals surface area contributed by atoms with Crippen LogP contribution in [-0.4, -0.2) is 27.5 Å². The van der Waals surface area contributed by atoms with Gasteiger partial charge in [-0.1, -0.05) is 24.3 Å².